The van der Waals surface area contributed by atoms with E-state index in [2.05, 4.69) is 50.0 Å². The van der Waals surface area contributed by atoms with Gasteiger partial charge in [-0.05, 0) is 43.4 Å². The van der Waals surface area contributed by atoms with Gasteiger partial charge in [-0.15, -0.1) is 6.58 Å². The van der Waals surface area contributed by atoms with Gasteiger partial charge in [0.1, 0.15) is 0 Å². The summed E-state index contributed by atoms with van der Waals surface area (Å²) in [6, 6.07) is 8.65. The van der Waals surface area contributed by atoms with Crippen molar-refractivity contribution in [1.29, 1.82) is 0 Å². The first kappa shape index (κ1) is 11.8. The molecule has 0 spiro atoms. The van der Waals surface area contributed by atoms with Crippen LogP contribution < -0.4 is 5.32 Å². The van der Waals surface area contributed by atoms with Crippen LogP contribution in [-0.4, -0.2) is 7.05 Å². The van der Waals surface area contributed by atoms with Gasteiger partial charge in [0.25, 0.3) is 0 Å². The summed E-state index contributed by atoms with van der Waals surface area (Å²) >= 11 is 0. The van der Waals surface area contributed by atoms with Crippen molar-refractivity contribution in [1.82, 2.24) is 0 Å². The van der Waals surface area contributed by atoms with E-state index in [1.807, 2.05) is 7.05 Å². The van der Waals surface area contributed by atoms with Crippen LogP contribution >= 0.6 is 0 Å². The summed E-state index contributed by atoms with van der Waals surface area (Å²) in [6.07, 6.45) is 2.25. The Hall–Kier alpha value is -1.24. The Labute approximate surface area is 93.2 Å². The second-order valence-electron chi connectivity index (χ2n) is 4.14. The van der Waals surface area contributed by atoms with E-state index in [9.17, 15) is 0 Å². The molecule has 1 rings (SSSR count). The first-order chi connectivity index (χ1) is 7.17. The van der Waals surface area contributed by atoms with Crippen molar-refractivity contribution in [2.45, 2.75) is 32.6 Å². The van der Waals surface area contributed by atoms with E-state index >= 15 is 0 Å². The van der Waals surface area contributed by atoms with Crippen LogP contribution in [0.25, 0.3) is 0 Å². The quantitative estimate of drug-likeness (QED) is 0.708. The summed E-state index contributed by atoms with van der Waals surface area (Å²) in [6.45, 7) is 8.33. The van der Waals surface area contributed by atoms with Crippen LogP contribution in [0.2, 0.25) is 0 Å². The molecule has 0 fully saturated rings. The minimum absolute atomic E-state index is 0.607. The lowest BCUT2D eigenvalue weighted by Gasteiger charge is -2.16. The van der Waals surface area contributed by atoms with Gasteiger partial charge in [-0.1, -0.05) is 24.6 Å². The van der Waals surface area contributed by atoms with Crippen molar-refractivity contribution in [3.05, 3.63) is 42.0 Å². The SMILES string of the molecule is C=C(C)CC(CC)c1cccc(NC)c1. The Morgan fingerprint density at radius 2 is 2.20 bits per heavy atom. The third-order valence-corrected chi connectivity index (χ3v) is 2.73. The molecule has 1 unspecified atom stereocenters. The highest BCUT2D eigenvalue weighted by atomic mass is 14.8. The first-order valence-electron chi connectivity index (χ1n) is 5.59. The molecule has 0 saturated heterocycles. The Bertz CT molecular complexity index is 328. The zero-order valence-electron chi connectivity index (χ0n) is 10.0. The zero-order valence-corrected chi connectivity index (χ0v) is 10.0. The topological polar surface area (TPSA) is 12.0 Å². The minimum Gasteiger partial charge on any atom is -0.388 e. The van der Waals surface area contributed by atoms with Gasteiger partial charge in [-0.2, -0.15) is 0 Å². The van der Waals surface area contributed by atoms with Gasteiger partial charge in [-0.25, -0.2) is 0 Å². The molecule has 1 aromatic carbocycles. The molecule has 0 aliphatic rings. The van der Waals surface area contributed by atoms with Gasteiger partial charge in [0.2, 0.25) is 0 Å². The van der Waals surface area contributed by atoms with Crippen LogP contribution in [0.1, 0.15) is 38.2 Å². The van der Waals surface area contributed by atoms with Crippen molar-refractivity contribution in [3.63, 3.8) is 0 Å². The summed E-state index contributed by atoms with van der Waals surface area (Å²) in [5.74, 6) is 0.607. The molecule has 1 nitrogen and oxygen atoms in total. The van der Waals surface area contributed by atoms with Crippen LogP contribution in [0, 0.1) is 0 Å². The van der Waals surface area contributed by atoms with Crippen molar-refractivity contribution >= 4 is 5.69 Å². The normalized spacial score (nSPS) is 12.2. The van der Waals surface area contributed by atoms with Gasteiger partial charge in [0.15, 0.2) is 0 Å². The maximum atomic E-state index is 4.00. The highest BCUT2D eigenvalue weighted by Gasteiger charge is 2.09. The third kappa shape index (κ3) is 3.43. The highest BCUT2D eigenvalue weighted by Crippen LogP contribution is 2.27. The number of nitrogens with one attached hydrogen (secondary N) is 1. The first-order valence-corrected chi connectivity index (χ1v) is 5.59. The molecule has 0 saturated carbocycles. The molecule has 0 aromatic heterocycles. The Kier molecular flexibility index (Phi) is 4.41. The minimum atomic E-state index is 0.607. The third-order valence-electron chi connectivity index (χ3n) is 2.73. The maximum Gasteiger partial charge on any atom is 0.0340 e. The van der Waals surface area contributed by atoms with Crippen molar-refractivity contribution < 1.29 is 0 Å². The van der Waals surface area contributed by atoms with Gasteiger partial charge in [0.05, 0.1) is 0 Å². The van der Waals surface area contributed by atoms with E-state index in [0.29, 0.717) is 5.92 Å². The predicted molar refractivity (Wildman–Crippen MR) is 68.5 cm³/mol. The molecule has 0 aliphatic carbocycles. The smallest absolute Gasteiger partial charge is 0.0340 e. The molecule has 0 heterocycles. The lowest BCUT2D eigenvalue weighted by atomic mass is 9.90. The van der Waals surface area contributed by atoms with Crippen LogP contribution in [0.4, 0.5) is 5.69 Å². The number of hydrogen-bond donors (Lipinski definition) is 1. The molecule has 1 aromatic rings. The lowest BCUT2D eigenvalue weighted by molar-refractivity contribution is 0.657. The Balaban J connectivity index is 2.85. The molecule has 1 atom stereocenters. The average molecular weight is 203 g/mol. The van der Waals surface area contributed by atoms with Gasteiger partial charge in [0, 0.05) is 12.7 Å². The van der Waals surface area contributed by atoms with E-state index in [1.54, 1.807) is 0 Å². The summed E-state index contributed by atoms with van der Waals surface area (Å²) in [5, 5.41) is 3.18. The van der Waals surface area contributed by atoms with Crippen LogP contribution in [0.5, 0.6) is 0 Å². The van der Waals surface area contributed by atoms with Gasteiger partial charge < -0.3 is 5.32 Å². The fraction of sp³-hybridized carbons (Fsp3) is 0.429. The monoisotopic (exact) mass is 203 g/mol. The van der Waals surface area contributed by atoms with Crippen LogP contribution in [0.3, 0.4) is 0 Å². The van der Waals surface area contributed by atoms with Gasteiger partial charge in [-0.3, -0.25) is 0 Å². The van der Waals surface area contributed by atoms with Crippen LogP contribution in [-0.2, 0) is 0 Å². The van der Waals surface area contributed by atoms with Crippen molar-refractivity contribution in [3.8, 4) is 0 Å². The molecule has 1 N–H and O–H groups in total. The van der Waals surface area contributed by atoms with E-state index in [-0.39, 0.29) is 0 Å². The van der Waals surface area contributed by atoms with E-state index in [0.717, 1.165) is 6.42 Å². The fourth-order valence-corrected chi connectivity index (χ4v) is 1.87. The summed E-state index contributed by atoms with van der Waals surface area (Å²) < 4.78 is 0. The molecule has 0 amide bonds. The molecule has 15 heavy (non-hydrogen) atoms. The number of anilines is 1. The molecule has 0 radical (unpaired) electrons. The second kappa shape index (κ2) is 5.59. The Morgan fingerprint density at radius 1 is 1.47 bits per heavy atom. The Morgan fingerprint density at radius 3 is 2.73 bits per heavy atom. The largest absolute Gasteiger partial charge is 0.388 e. The van der Waals surface area contributed by atoms with E-state index < -0.39 is 0 Å². The van der Waals surface area contributed by atoms with Crippen LogP contribution in [0.15, 0.2) is 36.4 Å². The van der Waals surface area contributed by atoms with Crippen molar-refractivity contribution in [2.75, 3.05) is 12.4 Å². The molecular formula is C14H21N. The average Bonchev–Trinajstić information content (AvgIpc) is 2.25. The predicted octanol–water partition coefficient (Wildman–Crippen LogP) is 4.19. The fourth-order valence-electron chi connectivity index (χ4n) is 1.87. The lowest BCUT2D eigenvalue weighted by Crippen LogP contribution is -1.99. The number of rotatable bonds is 5. The summed E-state index contributed by atoms with van der Waals surface area (Å²) in [7, 11) is 1.96. The summed E-state index contributed by atoms with van der Waals surface area (Å²) in [4.78, 5) is 0. The molecule has 82 valence electrons. The highest BCUT2D eigenvalue weighted by molar-refractivity contribution is 5.46. The molecular weight excluding hydrogens is 182 g/mol. The number of allylic oxidation sites excluding steroid dienone is 1. The van der Waals surface area contributed by atoms with E-state index in [4.69, 9.17) is 0 Å². The second-order valence-corrected chi connectivity index (χ2v) is 4.14. The van der Waals surface area contributed by atoms with Gasteiger partial charge >= 0.3 is 0 Å². The number of hydrogen-bond acceptors (Lipinski definition) is 1. The molecule has 0 aliphatic heterocycles. The number of benzene rings is 1. The molecule has 1 heteroatoms. The standard InChI is InChI=1S/C14H21N/c1-5-12(9-11(2)3)13-7-6-8-14(10-13)15-4/h6-8,10,12,15H,2,5,9H2,1,3-4H3. The van der Waals surface area contributed by atoms with Crippen molar-refractivity contribution in [2.24, 2.45) is 0 Å². The van der Waals surface area contributed by atoms with E-state index in [1.165, 1.54) is 23.2 Å². The molecule has 0 bridgehead atoms. The zero-order chi connectivity index (χ0) is 11.3. The maximum absolute atomic E-state index is 4.00. The summed E-state index contributed by atoms with van der Waals surface area (Å²) in [5.41, 5.74) is 3.86.